The fourth-order valence-corrected chi connectivity index (χ4v) is 2.18. The minimum absolute atomic E-state index is 0.183. The summed E-state index contributed by atoms with van der Waals surface area (Å²) in [6.45, 7) is 11.3. The summed E-state index contributed by atoms with van der Waals surface area (Å²) in [5, 5.41) is 11.4. The van der Waals surface area contributed by atoms with E-state index in [1.807, 2.05) is 27.7 Å². The molecule has 1 rings (SSSR count). The molecule has 1 amide bonds. The Morgan fingerprint density at radius 2 is 1.96 bits per heavy atom. The molecule has 0 spiro atoms. The summed E-state index contributed by atoms with van der Waals surface area (Å²) < 4.78 is 10.4. The fourth-order valence-electron chi connectivity index (χ4n) is 2.18. The first-order chi connectivity index (χ1) is 12.5. The van der Waals surface area contributed by atoms with Crippen molar-refractivity contribution in [2.75, 3.05) is 13.2 Å². The summed E-state index contributed by atoms with van der Waals surface area (Å²) in [5.74, 6) is -0.366. The van der Waals surface area contributed by atoms with Crippen LogP contribution in [0.2, 0.25) is 0 Å². The summed E-state index contributed by atoms with van der Waals surface area (Å²) in [7, 11) is 0. The number of nitrogens with zero attached hydrogens (tertiary/aromatic N) is 1. The average Bonchev–Trinajstić information content (AvgIpc) is 2.56. The quantitative estimate of drug-likeness (QED) is 0.664. The Bertz CT molecular complexity index is 692. The number of carboxylic acids is 1. The highest BCUT2D eigenvalue weighted by molar-refractivity contribution is 5.92. The van der Waals surface area contributed by atoms with Crippen LogP contribution in [0.25, 0.3) is 0 Å². The van der Waals surface area contributed by atoms with Gasteiger partial charge in [-0.05, 0) is 63.8 Å². The molecule has 1 aromatic rings. The van der Waals surface area contributed by atoms with Gasteiger partial charge in [0.1, 0.15) is 11.4 Å². The van der Waals surface area contributed by atoms with Crippen LogP contribution in [0.4, 0.5) is 10.5 Å². The van der Waals surface area contributed by atoms with Crippen LogP contribution in [0.15, 0.2) is 23.2 Å². The third kappa shape index (κ3) is 8.57. The molecule has 0 aliphatic rings. The Kier molecular flexibility index (Phi) is 8.28. The Morgan fingerprint density at radius 1 is 1.30 bits per heavy atom. The van der Waals surface area contributed by atoms with Crippen molar-refractivity contribution in [2.45, 2.75) is 53.6 Å². The lowest BCUT2D eigenvalue weighted by molar-refractivity contribution is -0.139. The maximum Gasteiger partial charge on any atom is 0.407 e. The van der Waals surface area contributed by atoms with Gasteiger partial charge in [0, 0.05) is 5.71 Å². The van der Waals surface area contributed by atoms with Gasteiger partial charge in [0.15, 0.2) is 6.61 Å². The smallest absolute Gasteiger partial charge is 0.407 e. The van der Waals surface area contributed by atoms with Crippen molar-refractivity contribution in [1.82, 2.24) is 5.32 Å². The predicted molar refractivity (Wildman–Crippen MR) is 105 cm³/mol. The van der Waals surface area contributed by atoms with Crippen molar-refractivity contribution in [3.63, 3.8) is 0 Å². The Hall–Kier alpha value is -2.57. The van der Waals surface area contributed by atoms with E-state index in [1.54, 1.807) is 18.2 Å². The number of rotatable bonds is 8. The molecule has 0 fully saturated rings. The lowest BCUT2D eigenvalue weighted by Gasteiger charge is -2.21. The van der Waals surface area contributed by atoms with Crippen molar-refractivity contribution >= 4 is 23.5 Å². The molecule has 0 aliphatic heterocycles. The number of nitrogens with one attached hydrogen (secondary N) is 1. The molecule has 0 radical (unpaired) electrons. The van der Waals surface area contributed by atoms with Crippen LogP contribution < -0.4 is 10.1 Å². The van der Waals surface area contributed by atoms with Crippen LogP contribution in [0.3, 0.4) is 0 Å². The molecule has 0 heterocycles. The number of carbonyl (C=O) groups is 2. The molecule has 1 aromatic carbocycles. The van der Waals surface area contributed by atoms with E-state index < -0.39 is 17.7 Å². The zero-order valence-electron chi connectivity index (χ0n) is 17.0. The molecule has 7 heteroatoms. The van der Waals surface area contributed by atoms with Gasteiger partial charge in [0.2, 0.25) is 0 Å². The second-order valence-corrected chi connectivity index (χ2v) is 7.40. The number of aliphatic imine (C=N–C) groups is 1. The molecule has 0 saturated carbocycles. The number of hydrogen-bond acceptors (Lipinski definition) is 5. The second-order valence-electron chi connectivity index (χ2n) is 7.40. The number of amides is 1. The van der Waals surface area contributed by atoms with Crippen LogP contribution in [0.1, 0.15) is 46.6 Å². The van der Waals surface area contributed by atoms with E-state index in [4.69, 9.17) is 19.6 Å². The molecular weight excluding hydrogens is 348 g/mol. The molecule has 0 aliphatic carbocycles. The zero-order valence-corrected chi connectivity index (χ0v) is 17.0. The monoisotopic (exact) mass is 378 g/mol. The van der Waals surface area contributed by atoms with E-state index in [9.17, 15) is 9.59 Å². The lowest BCUT2D eigenvalue weighted by Crippen LogP contribution is -2.36. The number of benzene rings is 1. The van der Waals surface area contributed by atoms with Gasteiger partial charge in [0.25, 0.3) is 0 Å². The number of hydrogen-bond donors (Lipinski definition) is 2. The first kappa shape index (κ1) is 22.5. The number of aryl methyl sites for hydroxylation is 1. The fraction of sp³-hybridized carbons (Fsp3) is 0.550. The van der Waals surface area contributed by atoms with E-state index in [0.717, 1.165) is 23.4 Å². The maximum atomic E-state index is 11.9. The minimum Gasteiger partial charge on any atom is -0.482 e. The first-order valence-corrected chi connectivity index (χ1v) is 9.01. The second kappa shape index (κ2) is 9.94. The molecule has 2 N–H and O–H groups in total. The number of carbonyl (C=O) groups excluding carboxylic acids is 1. The van der Waals surface area contributed by atoms with Gasteiger partial charge in [-0.2, -0.15) is 0 Å². The van der Waals surface area contributed by atoms with Gasteiger partial charge in [-0.15, -0.1) is 0 Å². The number of carboxylic acid groups (broad SMARTS) is 1. The Balaban J connectivity index is 2.91. The van der Waals surface area contributed by atoms with Crippen LogP contribution >= 0.6 is 0 Å². The normalized spacial score (nSPS) is 13.0. The third-order valence-corrected chi connectivity index (χ3v) is 3.79. The van der Waals surface area contributed by atoms with E-state index >= 15 is 0 Å². The molecule has 27 heavy (non-hydrogen) atoms. The number of aliphatic carboxylic acids is 1. The van der Waals surface area contributed by atoms with E-state index in [0.29, 0.717) is 12.3 Å². The zero-order chi connectivity index (χ0) is 20.6. The number of alkyl carbamates (subject to hydrolysis) is 1. The van der Waals surface area contributed by atoms with Crippen molar-refractivity contribution in [3.05, 3.63) is 23.8 Å². The standard InChI is InChI=1S/C20H30N2O5/c1-7-13(2)17(11-21-19(25)27-20(4,5)6)22-16-9-8-15(10-14(16)3)26-12-18(23)24/h8-10,13H,7,11-12H2,1-6H3,(H,21,25)(H,23,24). The molecular formula is C20H30N2O5. The molecule has 1 unspecified atom stereocenters. The van der Waals surface area contributed by atoms with Gasteiger partial charge in [-0.25, -0.2) is 9.59 Å². The average molecular weight is 378 g/mol. The maximum absolute atomic E-state index is 11.9. The SMILES string of the molecule is CCC(C)C(CNC(=O)OC(C)(C)C)=Nc1ccc(OCC(=O)O)cc1C. The summed E-state index contributed by atoms with van der Waals surface area (Å²) >= 11 is 0. The van der Waals surface area contributed by atoms with Crippen LogP contribution in [0, 0.1) is 12.8 Å². The topological polar surface area (TPSA) is 97.2 Å². The van der Waals surface area contributed by atoms with Crippen molar-refractivity contribution < 1.29 is 24.2 Å². The van der Waals surface area contributed by atoms with Crippen LogP contribution in [0.5, 0.6) is 5.75 Å². The summed E-state index contributed by atoms with van der Waals surface area (Å²) in [4.78, 5) is 27.2. The van der Waals surface area contributed by atoms with E-state index in [2.05, 4.69) is 19.2 Å². The van der Waals surface area contributed by atoms with Crippen molar-refractivity contribution in [2.24, 2.45) is 10.9 Å². The molecule has 0 aromatic heterocycles. The third-order valence-electron chi connectivity index (χ3n) is 3.79. The molecule has 7 nitrogen and oxygen atoms in total. The molecule has 0 bridgehead atoms. The van der Waals surface area contributed by atoms with Crippen molar-refractivity contribution in [1.29, 1.82) is 0 Å². The van der Waals surface area contributed by atoms with Crippen LogP contribution in [-0.2, 0) is 9.53 Å². The Labute approximate surface area is 160 Å². The van der Waals surface area contributed by atoms with Crippen molar-refractivity contribution in [3.8, 4) is 5.75 Å². The van der Waals surface area contributed by atoms with Gasteiger partial charge in [-0.1, -0.05) is 13.8 Å². The van der Waals surface area contributed by atoms with Gasteiger partial charge in [0.05, 0.1) is 12.2 Å². The highest BCUT2D eigenvalue weighted by Gasteiger charge is 2.17. The number of ether oxygens (including phenoxy) is 2. The molecule has 1 atom stereocenters. The van der Waals surface area contributed by atoms with Gasteiger partial charge >= 0.3 is 12.1 Å². The first-order valence-electron chi connectivity index (χ1n) is 9.01. The summed E-state index contributed by atoms with van der Waals surface area (Å²) in [6, 6.07) is 5.21. The predicted octanol–water partition coefficient (Wildman–Crippen LogP) is 4.10. The lowest BCUT2D eigenvalue weighted by atomic mass is 10.0. The highest BCUT2D eigenvalue weighted by Crippen LogP contribution is 2.25. The highest BCUT2D eigenvalue weighted by atomic mass is 16.6. The van der Waals surface area contributed by atoms with Gasteiger partial charge < -0.3 is 19.9 Å². The molecule has 150 valence electrons. The summed E-state index contributed by atoms with van der Waals surface area (Å²) in [6.07, 6.45) is 0.404. The van der Waals surface area contributed by atoms with E-state index in [-0.39, 0.29) is 12.5 Å². The summed E-state index contributed by atoms with van der Waals surface area (Å²) in [5.41, 5.74) is 1.89. The van der Waals surface area contributed by atoms with E-state index in [1.165, 1.54) is 0 Å². The van der Waals surface area contributed by atoms with Crippen LogP contribution in [-0.4, -0.2) is 41.6 Å². The molecule has 0 saturated heterocycles. The van der Waals surface area contributed by atoms with Gasteiger partial charge in [-0.3, -0.25) is 4.99 Å². The largest absolute Gasteiger partial charge is 0.482 e. The minimum atomic E-state index is -1.03. The Morgan fingerprint density at radius 3 is 2.48 bits per heavy atom.